The lowest BCUT2D eigenvalue weighted by Crippen LogP contribution is -2.46. The zero-order valence-corrected chi connectivity index (χ0v) is 24.3. The van der Waals surface area contributed by atoms with E-state index in [0.717, 1.165) is 36.6 Å². The summed E-state index contributed by atoms with van der Waals surface area (Å²) >= 11 is 3.02. The van der Waals surface area contributed by atoms with Crippen molar-refractivity contribution in [3.8, 4) is 11.5 Å². The number of imide groups is 1. The molecule has 0 aromatic heterocycles. The second-order valence-corrected chi connectivity index (χ2v) is 11.1. The van der Waals surface area contributed by atoms with E-state index >= 15 is 0 Å². The molecule has 0 saturated carbocycles. The number of nitrogens with zero attached hydrogens (tertiary/aromatic N) is 2. The second kappa shape index (κ2) is 12.4. The lowest BCUT2D eigenvalue weighted by atomic mass is 10.1. The van der Waals surface area contributed by atoms with E-state index in [9.17, 15) is 14.4 Å². The maximum Gasteiger partial charge on any atom is 0.294 e. The van der Waals surface area contributed by atoms with Crippen LogP contribution in [0.5, 0.6) is 11.5 Å². The SMILES string of the molecule is CCOc1cc(/C=C2\SC(=O)N(CC(=O)N3CCOCC3)C2=O)cc(I)c1OCc1cccc2ccccc12. The van der Waals surface area contributed by atoms with Crippen molar-refractivity contribution < 1.29 is 28.6 Å². The summed E-state index contributed by atoms with van der Waals surface area (Å²) in [5.41, 5.74) is 1.76. The monoisotopic (exact) mass is 658 g/mol. The highest BCUT2D eigenvalue weighted by Crippen LogP contribution is 2.38. The molecule has 0 N–H and O–H groups in total. The third kappa shape index (κ3) is 6.23. The number of rotatable bonds is 8. The summed E-state index contributed by atoms with van der Waals surface area (Å²) in [6.45, 7) is 4.25. The van der Waals surface area contributed by atoms with Gasteiger partial charge in [-0.3, -0.25) is 19.3 Å². The molecule has 5 rings (SSSR count). The van der Waals surface area contributed by atoms with Crippen LogP contribution < -0.4 is 9.47 Å². The molecule has 2 saturated heterocycles. The lowest BCUT2D eigenvalue weighted by molar-refractivity contribution is -0.139. The van der Waals surface area contributed by atoms with Crippen LogP contribution in [0.4, 0.5) is 4.79 Å². The molecule has 202 valence electrons. The van der Waals surface area contributed by atoms with Gasteiger partial charge in [-0.2, -0.15) is 0 Å². The minimum Gasteiger partial charge on any atom is -0.490 e. The molecule has 3 aromatic carbocycles. The van der Waals surface area contributed by atoms with Crippen molar-refractivity contribution in [2.24, 2.45) is 0 Å². The summed E-state index contributed by atoms with van der Waals surface area (Å²) in [6, 6.07) is 18.0. The fourth-order valence-corrected chi connectivity index (χ4v) is 6.10. The van der Waals surface area contributed by atoms with Crippen LogP contribution in [0.25, 0.3) is 16.8 Å². The van der Waals surface area contributed by atoms with Crippen molar-refractivity contribution in [2.45, 2.75) is 13.5 Å². The molecular formula is C29H27IN2O6S. The molecule has 0 bridgehead atoms. The molecule has 2 aliphatic heterocycles. The van der Waals surface area contributed by atoms with Gasteiger partial charge in [-0.25, -0.2) is 0 Å². The molecule has 3 amide bonds. The number of amides is 3. The zero-order valence-electron chi connectivity index (χ0n) is 21.4. The minimum absolute atomic E-state index is 0.261. The highest BCUT2D eigenvalue weighted by atomic mass is 127. The molecule has 10 heteroatoms. The molecule has 0 radical (unpaired) electrons. The molecule has 39 heavy (non-hydrogen) atoms. The Balaban J connectivity index is 1.34. The Morgan fingerprint density at radius 2 is 1.85 bits per heavy atom. The molecule has 0 aliphatic carbocycles. The van der Waals surface area contributed by atoms with Gasteiger partial charge < -0.3 is 19.1 Å². The number of benzene rings is 3. The summed E-state index contributed by atoms with van der Waals surface area (Å²) in [7, 11) is 0. The van der Waals surface area contributed by atoms with Crippen molar-refractivity contribution in [3.63, 3.8) is 0 Å². The highest BCUT2D eigenvalue weighted by Gasteiger charge is 2.37. The molecule has 0 unspecified atom stereocenters. The van der Waals surface area contributed by atoms with E-state index in [1.165, 1.54) is 0 Å². The van der Waals surface area contributed by atoms with Gasteiger partial charge in [0.1, 0.15) is 13.2 Å². The molecule has 0 spiro atoms. The molecule has 2 aliphatic rings. The Morgan fingerprint density at radius 1 is 1.08 bits per heavy atom. The van der Waals surface area contributed by atoms with Crippen LogP contribution in [-0.4, -0.2) is 66.3 Å². The van der Waals surface area contributed by atoms with E-state index in [1.807, 2.05) is 37.3 Å². The lowest BCUT2D eigenvalue weighted by Gasteiger charge is -2.28. The molecular weight excluding hydrogens is 631 g/mol. The molecule has 0 atom stereocenters. The predicted molar refractivity (Wildman–Crippen MR) is 159 cm³/mol. The number of hydrogen-bond donors (Lipinski definition) is 0. The number of morpholine rings is 1. The average molecular weight is 659 g/mol. The minimum atomic E-state index is -0.476. The molecule has 3 aromatic rings. The predicted octanol–water partition coefficient (Wildman–Crippen LogP) is 5.32. The smallest absolute Gasteiger partial charge is 0.294 e. The van der Waals surface area contributed by atoms with E-state index in [4.69, 9.17) is 14.2 Å². The fourth-order valence-electron chi connectivity index (χ4n) is 4.48. The van der Waals surface area contributed by atoms with Gasteiger partial charge in [-0.1, -0.05) is 42.5 Å². The van der Waals surface area contributed by atoms with E-state index in [0.29, 0.717) is 56.6 Å². The number of halogens is 1. The van der Waals surface area contributed by atoms with Crippen molar-refractivity contribution in [2.75, 3.05) is 39.5 Å². The fraction of sp³-hybridized carbons (Fsp3) is 0.276. The largest absolute Gasteiger partial charge is 0.490 e. The Labute approximate surface area is 244 Å². The number of carbonyl (C=O) groups excluding carboxylic acids is 3. The Bertz CT molecular complexity index is 1450. The highest BCUT2D eigenvalue weighted by molar-refractivity contribution is 14.1. The van der Waals surface area contributed by atoms with Gasteiger partial charge in [-0.05, 0) is 81.4 Å². The van der Waals surface area contributed by atoms with Crippen LogP contribution in [0.1, 0.15) is 18.1 Å². The zero-order chi connectivity index (χ0) is 27.4. The van der Waals surface area contributed by atoms with Gasteiger partial charge >= 0.3 is 0 Å². The summed E-state index contributed by atoms with van der Waals surface area (Å²) in [5, 5.41) is 1.82. The number of thioether (sulfide) groups is 1. The Morgan fingerprint density at radius 3 is 2.64 bits per heavy atom. The van der Waals surface area contributed by atoms with Gasteiger partial charge in [-0.15, -0.1) is 0 Å². The number of carbonyl (C=O) groups is 3. The molecule has 2 fully saturated rings. The third-order valence-corrected chi connectivity index (χ3v) is 8.12. The first-order chi connectivity index (χ1) is 18.9. The second-order valence-electron chi connectivity index (χ2n) is 8.95. The summed E-state index contributed by atoms with van der Waals surface area (Å²) < 4.78 is 18.2. The number of fused-ring (bicyclic) bond motifs is 1. The van der Waals surface area contributed by atoms with Crippen LogP contribution >= 0.6 is 34.4 Å². The Kier molecular flexibility index (Phi) is 8.73. The molecule has 2 heterocycles. The van der Waals surface area contributed by atoms with E-state index in [1.54, 1.807) is 17.0 Å². The normalized spacial score (nSPS) is 16.8. The van der Waals surface area contributed by atoms with Crippen molar-refractivity contribution >= 4 is 68.3 Å². The summed E-state index contributed by atoms with van der Waals surface area (Å²) in [5.74, 6) is 0.433. The average Bonchev–Trinajstić information content (AvgIpc) is 3.20. The number of ether oxygens (including phenoxy) is 3. The van der Waals surface area contributed by atoms with Crippen LogP contribution in [0, 0.1) is 3.57 Å². The van der Waals surface area contributed by atoms with Crippen LogP contribution in [-0.2, 0) is 20.9 Å². The summed E-state index contributed by atoms with van der Waals surface area (Å²) in [4.78, 5) is 41.1. The van der Waals surface area contributed by atoms with Crippen molar-refractivity contribution in [1.82, 2.24) is 9.80 Å². The quantitative estimate of drug-likeness (QED) is 0.240. The third-order valence-electron chi connectivity index (χ3n) is 6.41. The van der Waals surface area contributed by atoms with Gasteiger partial charge in [0, 0.05) is 13.1 Å². The molecule has 8 nitrogen and oxygen atoms in total. The Hall–Kier alpha value is -3.09. The standard InChI is InChI=1S/C29H27IN2O6S/c1-2-37-24-15-19(14-23(30)27(24)38-18-21-8-5-7-20-6-3-4-9-22(20)21)16-25-28(34)32(29(35)39-25)17-26(33)31-10-12-36-13-11-31/h3-9,14-16H,2,10-13,17-18H2,1H3/b25-16-. The van der Waals surface area contributed by atoms with Crippen LogP contribution in [0.3, 0.4) is 0 Å². The van der Waals surface area contributed by atoms with Gasteiger partial charge in [0.05, 0.1) is 28.3 Å². The van der Waals surface area contributed by atoms with Crippen molar-refractivity contribution in [1.29, 1.82) is 0 Å². The van der Waals surface area contributed by atoms with E-state index < -0.39 is 11.1 Å². The van der Waals surface area contributed by atoms with Gasteiger partial charge in [0.15, 0.2) is 11.5 Å². The number of hydrogen-bond acceptors (Lipinski definition) is 7. The van der Waals surface area contributed by atoms with E-state index in [2.05, 4.69) is 40.8 Å². The van der Waals surface area contributed by atoms with Gasteiger partial charge in [0.25, 0.3) is 11.1 Å². The maximum absolute atomic E-state index is 13.0. The topological polar surface area (TPSA) is 85.4 Å². The van der Waals surface area contributed by atoms with Crippen LogP contribution in [0.2, 0.25) is 0 Å². The first-order valence-corrected chi connectivity index (χ1v) is 14.5. The maximum atomic E-state index is 13.0. The first-order valence-electron chi connectivity index (χ1n) is 12.6. The summed E-state index contributed by atoms with van der Waals surface area (Å²) in [6.07, 6.45) is 1.66. The van der Waals surface area contributed by atoms with Crippen molar-refractivity contribution in [3.05, 3.63) is 74.2 Å². The first kappa shape index (κ1) is 27.5. The van der Waals surface area contributed by atoms with E-state index in [-0.39, 0.29) is 17.4 Å². The van der Waals surface area contributed by atoms with Crippen LogP contribution in [0.15, 0.2) is 59.5 Å². The van der Waals surface area contributed by atoms with Gasteiger partial charge in [0.2, 0.25) is 5.91 Å².